The van der Waals surface area contributed by atoms with Crippen LogP contribution in [0.2, 0.25) is 0 Å². The third-order valence-electron chi connectivity index (χ3n) is 4.41. The molecule has 0 atom stereocenters. The van der Waals surface area contributed by atoms with Gasteiger partial charge < -0.3 is 15.5 Å². The van der Waals surface area contributed by atoms with Crippen LogP contribution in [0, 0.1) is 0 Å². The summed E-state index contributed by atoms with van der Waals surface area (Å²) < 4.78 is 0. The van der Waals surface area contributed by atoms with E-state index in [0.717, 1.165) is 44.6 Å². The largest absolute Gasteiger partial charge is 0.384 e. The molecule has 2 N–H and O–H groups in total. The number of hydrogen-bond donors (Lipinski definition) is 2. The molecule has 2 amide bonds. The highest BCUT2D eigenvalue weighted by atomic mass is 35.5. The summed E-state index contributed by atoms with van der Waals surface area (Å²) in [7, 11) is 0. The van der Waals surface area contributed by atoms with Gasteiger partial charge in [0, 0.05) is 43.9 Å². The number of rotatable bonds is 4. The van der Waals surface area contributed by atoms with Crippen molar-refractivity contribution in [1.29, 1.82) is 0 Å². The lowest BCUT2D eigenvalue weighted by Gasteiger charge is -2.26. The van der Waals surface area contributed by atoms with E-state index in [0.29, 0.717) is 18.5 Å². The van der Waals surface area contributed by atoms with E-state index < -0.39 is 0 Å². The first-order valence-corrected chi connectivity index (χ1v) is 8.17. The lowest BCUT2D eigenvalue weighted by Crippen LogP contribution is -2.37. The molecule has 0 spiro atoms. The zero-order valence-electron chi connectivity index (χ0n) is 13.3. The van der Waals surface area contributed by atoms with Gasteiger partial charge in [-0.3, -0.25) is 9.59 Å². The summed E-state index contributed by atoms with van der Waals surface area (Å²) in [4.78, 5) is 26.1. The summed E-state index contributed by atoms with van der Waals surface area (Å²) in [6, 6.07) is 5.73. The monoisotopic (exact) mass is 337 g/mol. The van der Waals surface area contributed by atoms with Crippen LogP contribution in [0.25, 0.3) is 0 Å². The van der Waals surface area contributed by atoms with Crippen LogP contribution in [0.5, 0.6) is 0 Å². The molecule has 0 aliphatic carbocycles. The second-order valence-corrected chi connectivity index (χ2v) is 6.00. The Balaban J connectivity index is 0.00000192. The molecule has 23 heavy (non-hydrogen) atoms. The number of nitrogens with one attached hydrogen (secondary N) is 2. The number of amides is 2. The molecule has 0 aromatic heterocycles. The fourth-order valence-electron chi connectivity index (χ4n) is 3.13. The van der Waals surface area contributed by atoms with Gasteiger partial charge >= 0.3 is 0 Å². The van der Waals surface area contributed by atoms with Gasteiger partial charge in [-0.2, -0.15) is 0 Å². The van der Waals surface area contributed by atoms with Gasteiger partial charge in [0.25, 0.3) is 5.91 Å². The molecule has 1 saturated heterocycles. The Morgan fingerprint density at radius 1 is 1.17 bits per heavy atom. The average molecular weight is 338 g/mol. The number of anilines is 1. The fraction of sp³-hybridized carbons (Fsp3) is 0.529. The Morgan fingerprint density at radius 3 is 2.74 bits per heavy atom. The highest BCUT2D eigenvalue weighted by Gasteiger charge is 2.17. The molecule has 5 nitrogen and oxygen atoms in total. The standard InChI is InChI=1S/C17H23N3O2.ClH/c21-16(20-10-2-1-3-11-20)7-9-19-17(22)14-4-5-15-13(12-14)6-8-18-15;/h4-5,12,18H,1-3,6-11H2,(H,19,22);1H. The first kappa shape index (κ1) is 17.6. The first-order valence-electron chi connectivity index (χ1n) is 8.17. The van der Waals surface area contributed by atoms with E-state index in [1.54, 1.807) is 0 Å². The third-order valence-corrected chi connectivity index (χ3v) is 4.41. The predicted octanol–water partition coefficient (Wildman–Crippen LogP) is 2.21. The summed E-state index contributed by atoms with van der Waals surface area (Å²) >= 11 is 0. The summed E-state index contributed by atoms with van der Waals surface area (Å²) in [6.07, 6.45) is 4.76. The third kappa shape index (κ3) is 4.38. The molecule has 2 aliphatic heterocycles. The lowest BCUT2D eigenvalue weighted by molar-refractivity contribution is -0.131. The topological polar surface area (TPSA) is 61.4 Å². The summed E-state index contributed by atoms with van der Waals surface area (Å²) in [5.41, 5.74) is 2.99. The van der Waals surface area contributed by atoms with Crippen LogP contribution < -0.4 is 10.6 Å². The van der Waals surface area contributed by atoms with Crippen LogP contribution >= 0.6 is 12.4 Å². The number of halogens is 1. The smallest absolute Gasteiger partial charge is 0.251 e. The predicted molar refractivity (Wildman–Crippen MR) is 93.3 cm³/mol. The van der Waals surface area contributed by atoms with Crippen molar-refractivity contribution in [3.63, 3.8) is 0 Å². The van der Waals surface area contributed by atoms with E-state index in [2.05, 4.69) is 10.6 Å². The molecular formula is C17H24ClN3O2. The van der Waals surface area contributed by atoms with Gasteiger partial charge in [0.15, 0.2) is 0 Å². The molecular weight excluding hydrogens is 314 g/mol. The number of likely N-dealkylation sites (tertiary alicyclic amines) is 1. The van der Waals surface area contributed by atoms with E-state index in [9.17, 15) is 9.59 Å². The minimum atomic E-state index is -0.0962. The average Bonchev–Trinajstić information content (AvgIpc) is 3.03. The van der Waals surface area contributed by atoms with E-state index in [1.165, 1.54) is 12.0 Å². The fourth-order valence-corrected chi connectivity index (χ4v) is 3.13. The number of carbonyl (C=O) groups excluding carboxylic acids is 2. The molecule has 126 valence electrons. The second kappa shape index (κ2) is 8.20. The SMILES string of the molecule is Cl.O=C(NCCC(=O)N1CCCCC1)c1ccc2c(c1)CCN2. The van der Waals surface area contributed by atoms with Gasteiger partial charge in [-0.05, 0) is 49.4 Å². The Kier molecular flexibility index (Phi) is 6.28. The molecule has 3 rings (SSSR count). The maximum atomic E-state index is 12.1. The summed E-state index contributed by atoms with van der Waals surface area (Å²) in [6.45, 7) is 3.07. The maximum Gasteiger partial charge on any atom is 0.251 e. The van der Waals surface area contributed by atoms with Gasteiger partial charge in [0.2, 0.25) is 5.91 Å². The molecule has 1 fully saturated rings. The molecule has 0 unspecified atom stereocenters. The lowest BCUT2D eigenvalue weighted by atomic mass is 10.1. The molecule has 6 heteroatoms. The van der Waals surface area contributed by atoms with E-state index in [1.807, 2.05) is 23.1 Å². The van der Waals surface area contributed by atoms with Crippen molar-refractivity contribution in [2.75, 3.05) is 31.5 Å². The van der Waals surface area contributed by atoms with Gasteiger partial charge in [-0.15, -0.1) is 12.4 Å². The minimum absolute atomic E-state index is 0. The van der Waals surface area contributed by atoms with Crippen LogP contribution in [-0.2, 0) is 11.2 Å². The van der Waals surface area contributed by atoms with Crippen molar-refractivity contribution in [3.05, 3.63) is 29.3 Å². The summed E-state index contributed by atoms with van der Waals surface area (Å²) in [5, 5.41) is 6.13. The normalized spacial score (nSPS) is 16.1. The number of benzene rings is 1. The first-order chi connectivity index (χ1) is 10.7. The Hall–Kier alpha value is -1.75. The highest BCUT2D eigenvalue weighted by molar-refractivity contribution is 5.95. The van der Waals surface area contributed by atoms with Crippen LogP contribution in [0.15, 0.2) is 18.2 Å². The van der Waals surface area contributed by atoms with E-state index >= 15 is 0 Å². The van der Waals surface area contributed by atoms with Gasteiger partial charge in [-0.1, -0.05) is 0 Å². The number of hydrogen-bond acceptors (Lipinski definition) is 3. The number of carbonyl (C=O) groups is 2. The van der Waals surface area contributed by atoms with Gasteiger partial charge in [0.05, 0.1) is 0 Å². The van der Waals surface area contributed by atoms with Crippen molar-refractivity contribution in [2.45, 2.75) is 32.1 Å². The maximum absolute atomic E-state index is 12.1. The van der Waals surface area contributed by atoms with E-state index in [-0.39, 0.29) is 24.2 Å². The van der Waals surface area contributed by atoms with Crippen LogP contribution in [0.3, 0.4) is 0 Å². The van der Waals surface area contributed by atoms with Crippen molar-refractivity contribution in [3.8, 4) is 0 Å². The molecule has 0 saturated carbocycles. The van der Waals surface area contributed by atoms with Crippen molar-refractivity contribution in [1.82, 2.24) is 10.2 Å². The Labute approximate surface area is 143 Å². The second-order valence-electron chi connectivity index (χ2n) is 6.00. The molecule has 1 aromatic carbocycles. The van der Waals surface area contributed by atoms with Crippen LogP contribution in [0.1, 0.15) is 41.6 Å². The van der Waals surface area contributed by atoms with Crippen molar-refractivity contribution >= 4 is 29.9 Å². The Morgan fingerprint density at radius 2 is 1.96 bits per heavy atom. The number of piperidine rings is 1. The van der Waals surface area contributed by atoms with Gasteiger partial charge in [0.1, 0.15) is 0 Å². The van der Waals surface area contributed by atoms with E-state index in [4.69, 9.17) is 0 Å². The number of nitrogens with zero attached hydrogens (tertiary/aromatic N) is 1. The zero-order valence-corrected chi connectivity index (χ0v) is 14.1. The van der Waals surface area contributed by atoms with Crippen LogP contribution in [0.4, 0.5) is 5.69 Å². The number of fused-ring (bicyclic) bond motifs is 1. The van der Waals surface area contributed by atoms with Crippen molar-refractivity contribution in [2.24, 2.45) is 0 Å². The molecule has 0 radical (unpaired) electrons. The molecule has 0 bridgehead atoms. The van der Waals surface area contributed by atoms with Gasteiger partial charge in [-0.25, -0.2) is 0 Å². The zero-order chi connectivity index (χ0) is 15.4. The minimum Gasteiger partial charge on any atom is -0.384 e. The quantitative estimate of drug-likeness (QED) is 0.885. The summed E-state index contributed by atoms with van der Waals surface area (Å²) in [5.74, 6) is 0.0549. The molecule has 2 heterocycles. The van der Waals surface area contributed by atoms with Crippen LogP contribution in [-0.4, -0.2) is 42.9 Å². The Bertz CT molecular complexity index is 571. The molecule has 2 aliphatic rings. The molecule has 1 aromatic rings. The van der Waals surface area contributed by atoms with Crippen molar-refractivity contribution < 1.29 is 9.59 Å². The highest BCUT2D eigenvalue weighted by Crippen LogP contribution is 2.22.